The molecule has 26 heavy (non-hydrogen) atoms. The zero-order valence-electron chi connectivity index (χ0n) is 13.1. The van der Waals surface area contributed by atoms with Gasteiger partial charge in [-0.2, -0.15) is 13.2 Å². The predicted molar refractivity (Wildman–Crippen MR) is 97.1 cm³/mol. The minimum atomic E-state index is -4.47. The van der Waals surface area contributed by atoms with Gasteiger partial charge in [-0.1, -0.05) is 46.3 Å². The van der Waals surface area contributed by atoms with Gasteiger partial charge < -0.3 is 0 Å². The van der Waals surface area contributed by atoms with Crippen LogP contribution in [0.2, 0.25) is 0 Å². The Morgan fingerprint density at radius 3 is 2.50 bits per heavy atom. The second-order valence-electron chi connectivity index (χ2n) is 5.48. The van der Waals surface area contributed by atoms with E-state index in [4.69, 9.17) is 0 Å². The molecule has 1 saturated heterocycles. The monoisotopic (exact) mass is 441 g/mol. The predicted octanol–water partition coefficient (Wildman–Crippen LogP) is 5.70. The number of nitrogens with zero attached hydrogens (tertiary/aromatic N) is 1. The van der Waals surface area contributed by atoms with Gasteiger partial charge in [0.2, 0.25) is 0 Å². The molecular weight excluding hydrogens is 431 g/mol. The number of carbonyl (C=O) groups is 2. The van der Waals surface area contributed by atoms with E-state index in [0.29, 0.717) is 0 Å². The fourth-order valence-electron chi connectivity index (χ4n) is 2.39. The summed E-state index contributed by atoms with van der Waals surface area (Å²) in [5, 5.41) is -0.455. The molecule has 0 unspecified atom stereocenters. The van der Waals surface area contributed by atoms with Crippen LogP contribution in [0, 0.1) is 0 Å². The molecule has 3 rings (SSSR count). The van der Waals surface area contributed by atoms with Gasteiger partial charge in [0.25, 0.3) is 11.1 Å². The number of halogens is 4. The summed E-state index contributed by atoms with van der Waals surface area (Å²) in [6, 6.07) is 11.8. The zero-order chi connectivity index (χ0) is 18.9. The van der Waals surface area contributed by atoms with Gasteiger partial charge in [-0.3, -0.25) is 14.5 Å². The van der Waals surface area contributed by atoms with E-state index < -0.39 is 22.9 Å². The molecule has 0 spiro atoms. The SMILES string of the molecule is O=C1S/C(=C/c2cccc(C(F)(F)F)c2)C(=O)N1Cc1ccccc1Br. The largest absolute Gasteiger partial charge is 0.416 e. The van der Waals surface area contributed by atoms with Crippen LogP contribution in [-0.4, -0.2) is 16.0 Å². The molecule has 2 amide bonds. The quantitative estimate of drug-likeness (QED) is 0.572. The van der Waals surface area contributed by atoms with E-state index in [1.165, 1.54) is 18.2 Å². The average Bonchev–Trinajstić information content (AvgIpc) is 2.84. The van der Waals surface area contributed by atoms with Crippen molar-refractivity contribution in [3.8, 4) is 0 Å². The summed E-state index contributed by atoms with van der Waals surface area (Å²) in [5.74, 6) is -0.520. The molecule has 0 bridgehead atoms. The number of thioether (sulfide) groups is 1. The summed E-state index contributed by atoms with van der Waals surface area (Å²) < 4.78 is 39.2. The maximum absolute atomic E-state index is 12.8. The highest BCUT2D eigenvalue weighted by atomic mass is 79.9. The van der Waals surface area contributed by atoms with Crippen molar-refractivity contribution in [2.45, 2.75) is 12.7 Å². The molecule has 1 heterocycles. The molecule has 3 nitrogen and oxygen atoms in total. The van der Waals surface area contributed by atoms with E-state index in [2.05, 4.69) is 15.9 Å². The van der Waals surface area contributed by atoms with Crippen molar-refractivity contribution in [2.24, 2.45) is 0 Å². The van der Waals surface area contributed by atoms with E-state index >= 15 is 0 Å². The first kappa shape index (κ1) is 18.7. The molecule has 1 fully saturated rings. The van der Waals surface area contributed by atoms with Crippen molar-refractivity contribution in [1.82, 2.24) is 4.90 Å². The summed E-state index contributed by atoms with van der Waals surface area (Å²) in [6.45, 7) is 0.0893. The van der Waals surface area contributed by atoms with E-state index in [-0.39, 0.29) is 17.0 Å². The number of hydrogen-bond donors (Lipinski definition) is 0. The highest BCUT2D eigenvalue weighted by Crippen LogP contribution is 2.35. The number of rotatable bonds is 3. The summed E-state index contributed by atoms with van der Waals surface area (Å²) in [6.07, 6.45) is -3.16. The minimum absolute atomic E-state index is 0.0893. The number of imide groups is 1. The van der Waals surface area contributed by atoms with Gasteiger partial charge in [-0.25, -0.2) is 0 Å². The Hall–Kier alpha value is -2.06. The van der Waals surface area contributed by atoms with Crippen LogP contribution in [-0.2, 0) is 17.5 Å². The van der Waals surface area contributed by atoms with Gasteiger partial charge in [0.15, 0.2) is 0 Å². The number of benzene rings is 2. The van der Waals surface area contributed by atoms with Crippen molar-refractivity contribution in [2.75, 3.05) is 0 Å². The first-order valence-electron chi connectivity index (χ1n) is 7.42. The Morgan fingerprint density at radius 1 is 1.08 bits per heavy atom. The molecular formula is C18H11BrF3NO2S. The van der Waals surface area contributed by atoms with Crippen molar-refractivity contribution in [3.63, 3.8) is 0 Å². The maximum Gasteiger partial charge on any atom is 0.416 e. The third-order valence-corrected chi connectivity index (χ3v) is 5.35. The van der Waals surface area contributed by atoms with E-state index in [9.17, 15) is 22.8 Å². The van der Waals surface area contributed by atoms with Crippen LogP contribution in [0.5, 0.6) is 0 Å². The first-order chi connectivity index (χ1) is 12.3. The fraction of sp³-hybridized carbons (Fsp3) is 0.111. The van der Waals surface area contributed by atoms with Crippen molar-refractivity contribution < 1.29 is 22.8 Å². The lowest BCUT2D eigenvalue weighted by molar-refractivity contribution is -0.137. The highest BCUT2D eigenvalue weighted by molar-refractivity contribution is 9.10. The fourth-order valence-corrected chi connectivity index (χ4v) is 3.64. The Morgan fingerprint density at radius 2 is 1.81 bits per heavy atom. The normalized spacial score (nSPS) is 16.6. The Labute approximate surface area is 160 Å². The van der Waals surface area contributed by atoms with Gasteiger partial charge >= 0.3 is 6.18 Å². The highest BCUT2D eigenvalue weighted by Gasteiger charge is 2.35. The summed E-state index contributed by atoms with van der Waals surface area (Å²) in [7, 11) is 0. The standard InChI is InChI=1S/C18H11BrF3NO2S/c19-14-7-2-1-5-12(14)10-23-16(24)15(26-17(23)25)9-11-4-3-6-13(8-11)18(20,21)22/h1-9H,10H2/b15-9+. The number of carbonyl (C=O) groups excluding carboxylic acids is 2. The molecule has 8 heteroatoms. The van der Waals surface area contributed by atoms with Gasteiger partial charge in [0, 0.05) is 4.47 Å². The van der Waals surface area contributed by atoms with Crippen LogP contribution < -0.4 is 0 Å². The Kier molecular flexibility index (Phi) is 5.24. The van der Waals surface area contributed by atoms with Crippen molar-refractivity contribution in [1.29, 1.82) is 0 Å². The molecule has 0 saturated carbocycles. The topological polar surface area (TPSA) is 37.4 Å². The van der Waals surface area contributed by atoms with Crippen molar-refractivity contribution >= 4 is 44.9 Å². The van der Waals surface area contributed by atoms with Crippen LogP contribution >= 0.6 is 27.7 Å². The molecule has 1 aliphatic rings. The number of alkyl halides is 3. The maximum atomic E-state index is 12.8. The zero-order valence-corrected chi connectivity index (χ0v) is 15.5. The molecule has 0 atom stereocenters. The van der Waals surface area contributed by atoms with Crippen LogP contribution in [0.15, 0.2) is 57.9 Å². The van der Waals surface area contributed by atoms with E-state index in [1.54, 1.807) is 18.2 Å². The van der Waals surface area contributed by atoms with Gasteiger partial charge in [0.1, 0.15) is 0 Å². The molecule has 134 valence electrons. The van der Waals surface area contributed by atoms with E-state index in [0.717, 1.165) is 38.8 Å². The van der Waals surface area contributed by atoms with E-state index in [1.807, 2.05) is 6.07 Å². The Balaban J connectivity index is 1.85. The first-order valence-corrected chi connectivity index (χ1v) is 9.02. The third kappa shape index (κ3) is 4.02. The lowest BCUT2D eigenvalue weighted by Crippen LogP contribution is -2.27. The molecule has 0 aliphatic carbocycles. The molecule has 1 aliphatic heterocycles. The minimum Gasteiger partial charge on any atom is -0.268 e. The Bertz CT molecular complexity index is 911. The summed E-state index contributed by atoms with van der Waals surface area (Å²) in [4.78, 5) is 25.8. The smallest absolute Gasteiger partial charge is 0.268 e. The third-order valence-electron chi connectivity index (χ3n) is 3.67. The van der Waals surface area contributed by atoms with Crippen LogP contribution in [0.25, 0.3) is 6.08 Å². The van der Waals surface area contributed by atoms with Crippen LogP contribution in [0.4, 0.5) is 18.0 Å². The molecule has 0 aromatic heterocycles. The molecule has 2 aromatic rings. The second kappa shape index (κ2) is 7.28. The number of amides is 2. The van der Waals surface area contributed by atoms with Crippen LogP contribution in [0.1, 0.15) is 16.7 Å². The van der Waals surface area contributed by atoms with Crippen LogP contribution in [0.3, 0.4) is 0 Å². The van der Waals surface area contributed by atoms with Gasteiger partial charge in [-0.15, -0.1) is 0 Å². The summed E-state index contributed by atoms with van der Waals surface area (Å²) >= 11 is 4.08. The van der Waals surface area contributed by atoms with Crippen molar-refractivity contribution in [3.05, 3.63) is 74.6 Å². The molecule has 2 aromatic carbocycles. The number of hydrogen-bond acceptors (Lipinski definition) is 3. The summed E-state index contributed by atoms with van der Waals surface area (Å²) in [5.41, 5.74) is 0.167. The average molecular weight is 442 g/mol. The molecule has 0 radical (unpaired) electrons. The van der Waals surface area contributed by atoms with Gasteiger partial charge in [-0.05, 0) is 47.2 Å². The lowest BCUT2D eigenvalue weighted by atomic mass is 10.1. The van der Waals surface area contributed by atoms with Gasteiger partial charge in [0.05, 0.1) is 17.0 Å². The second-order valence-corrected chi connectivity index (χ2v) is 7.33. The molecule has 0 N–H and O–H groups in total. The lowest BCUT2D eigenvalue weighted by Gasteiger charge is -2.13.